The van der Waals surface area contributed by atoms with Crippen LogP contribution in [0, 0.1) is 17.7 Å². The molecule has 1 saturated heterocycles. The van der Waals surface area contributed by atoms with Gasteiger partial charge in [0.25, 0.3) is 0 Å². The Morgan fingerprint density at radius 3 is 2.80 bits per heavy atom. The van der Waals surface area contributed by atoms with E-state index in [1.165, 1.54) is 17.7 Å². The molecule has 4 heterocycles. The molecule has 0 radical (unpaired) electrons. The van der Waals surface area contributed by atoms with E-state index in [0.29, 0.717) is 18.4 Å². The van der Waals surface area contributed by atoms with Gasteiger partial charge in [-0.1, -0.05) is 13.0 Å². The fourth-order valence-electron chi connectivity index (χ4n) is 4.33. The van der Waals surface area contributed by atoms with Crippen LogP contribution >= 0.6 is 0 Å². The normalized spacial score (nSPS) is 23.9. The number of aromatic nitrogens is 1. The van der Waals surface area contributed by atoms with Crippen molar-refractivity contribution < 1.29 is 9.18 Å². The highest BCUT2D eigenvalue weighted by Gasteiger charge is 2.39. The topological polar surface area (TPSA) is 64.1 Å². The van der Waals surface area contributed by atoms with Gasteiger partial charge in [-0.2, -0.15) is 0 Å². The summed E-state index contributed by atoms with van der Waals surface area (Å²) < 4.78 is 13.2. The smallest absolute Gasteiger partial charge is 0.326 e. The Balaban J connectivity index is 1.33. The number of fused-ring (bicyclic) bond motifs is 1. The van der Waals surface area contributed by atoms with Crippen LogP contribution in [0.4, 0.5) is 14.9 Å². The van der Waals surface area contributed by atoms with Gasteiger partial charge >= 0.3 is 6.03 Å². The molecule has 1 fully saturated rings. The first-order valence-corrected chi connectivity index (χ1v) is 10.1. The minimum atomic E-state index is -0.285. The second-order valence-corrected chi connectivity index (χ2v) is 8.07. The van der Waals surface area contributed by atoms with Crippen LogP contribution < -0.4 is 10.2 Å². The fourth-order valence-corrected chi connectivity index (χ4v) is 4.33. The van der Waals surface area contributed by atoms with Gasteiger partial charge in [-0.25, -0.2) is 14.2 Å². The van der Waals surface area contributed by atoms with Gasteiger partial charge < -0.3 is 4.90 Å². The standard InChI is InChI=1S/C22H23FN6O/c1-15-10-27(11-16-3-2-8-24-9-16)12-19(15)21-25-20-13-28(14-29(20)22(30)26-21)18-6-4-17(23)5-7-18/h2-9,13,15,19H,10-12,14H2,1H3,(H,25,26,30). The maximum Gasteiger partial charge on any atom is 0.329 e. The van der Waals surface area contributed by atoms with E-state index in [4.69, 9.17) is 4.99 Å². The molecule has 7 nitrogen and oxygen atoms in total. The number of carbonyl (C=O) groups excluding carboxylic acids is 1. The zero-order valence-electron chi connectivity index (χ0n) is 16.7. The highest BCUT2D eigenvalue weighted by atomic mass is 19.1. The van der Waals surface area contributed by atoms with E-state index in [0.717, 1.165) is 31.2 Å². The van der Waals surface area contributed by atoms with Crippen LogP contribution in [-0.4, -0.2) is 46.4 Å². The molecular formula is C22H23FN6O. The quantitative estimate of drug-likeness (QED) is 0.848. The maximum absolute atomic E-state index is 13.2. The van der Waals surface area contributed by atoms with Gasteiger partial charge in [0.2, 0.25) is 0 Å². The Kier molecular flexibility index (Phi) is 4.71. The lowest BCUT2D eigenvalue weighted by Gasteiger charge is -2.28. The zero-order valence-corrected chi connectivity index (χ0v) is 16.7. The van der Waals surface area contributed by atoms with Gasteiger partial charge in [0.15, 0.2) is 5.82 Å². The highest BCUT2D eigenvalue weighted by Crippen LogP contribution is 2.30. The molecule has 1 aromatic heterocycles. The van der Waals surface area contributed by atoms with E-state index >= 15 is 0 Å². The summed E-state index contributed by atoms with van der Waals surface area (Å²) in [5.74, 6) is 1.60. The van der Waals surface area contributed by atoms with Crippen molar-refractivity contribution in [1.29, 1.82) is 0 Å². The third-order valence-electron chi connectivity index (χ3n) is 5.88. The number of hydrogen-bond acceptors (Lipinski definition) is 5. The summed E-state index contributed by atoms with van der Waals surface area (Å²) >= 11 is 0. The number of amides is 2. The minimum absolute atomic E-state index is 0.161. The number of aliphatic imine (C=N–C) groups is 1. The van der Waals surface area contributed by atoms with Gasteiger partial charge in [-0.05, 0) is 41.8 Å². The first-order chi connectivity index (χ1) is 14.6. The Labute approximate surface area is 174 Å². The predicted octanol–water partition coefficient (Wildman–Crippen LogP) is 2.99. The monoisotopic (exact) mass is 406 g/mol. The number of hydrogen-bond donors (Lipinski definition) is 1. The fraction of sp³-hybridized carbons (Fsp3) is 0.318. The summed E-state index contributed by atoms with van der Waals surface area (Å²) in [6, 6.07) is 10.1. The van der Waals surface area contributed by atoms with Gasteiger partial charge in [-0.15, -0.1) is 0 Å². The van der Waals surface area contributed by atoms with Crippen LogP contribution in [-0.2, 0) is 6.54 Å². The average Bonchev–Trinajstić information content (AvgIpc) is 3.33. The Hall–Kier alpha value is -3.26. The lowest BCUT2D eigenvalue weighted by molar-refractivity contribution is 0.216. The van der Waals surface area contributed by atoms with Crippen molar-refractivity contribution in [2.24, 2.45) is 16.8 Å². The number of amidine groups is 1. The van der Waals surface area contributed by atoms with Crippen LogP contribution in [0.25, 0.3) is 0 Å². The summed E-state index contributed by atoms with van der Waals surface area (Å²) in [5.41, 5.74) is 2.00. The second-order valence-electron chi connectivity index (χ2n) is 8.07. The lowest BCUT2D eigenvalue weighted by Crippen LogP contribution is -2.49. The summed E-state index contributed by atoms with van der Waals surface area (Å²) in [6.07, 6.45) is 5.52. The molecule has 2 amide bonds. The van der Waals surface area contributed by atoms with E-state index in [-0.39, 0.29) is 17.8 Å². The third-order valence-corrected chi connectivity index (χ3v) is 5.88. The summed E-state index contributed by atoms with van der Waals surface area (Å²) in [5, 5.41) is 3.00. The van der Waals surface area contributed by atoms with Crippen LogP contribution in [0.2, 0.25) is 0 Å². The van der Waals surface area contributed by atoms with Gasteiger partial charge in [0, 0.05) is 49.8 Å². The third kappa shape index (κ3) is 3.54. The Bertz CT molecular complexity index is 1010. The zero-order chi connectivity index (χ0) is 20.7. The molecule has 3 aliphatic rings. The molecule has 154 valence electrons. The minimum Gasteiger partial charge on any atom is -0.326 e. The van der Waals surface area contributed by atoms with Crippen LogP contribution in [0.15, 0.2) is 65.8 Å². The maximum atomic E-state index is 13.2. The molecule has 3 aliphatic heterocycles. The SMILES string of the molecule is CC1CN(Cc2cccnc2)CC1C1=NC2=CN(c3ccc(F)cc3)CN2C(=O)N1. The van der Waals surface area contributed by atoms with Crippen LogP contribution in [0.5, 0.6) is 0 Å². The van der Waals surface area contributed by atoms with Crippen molar-refractivity contribution in [3.63, 3.8) is 0 Å². The van der Waals surface area contributed by atoms with Crippen molar-refractivity contribution in [1.82, 2.24) is 20.1 Å². The largest absolute Gasteiger partial charge is 0.329 e. The van der Waals surface area contributed by atoms with E-state index < -0.39 is 0 Å². The first kappa shape index (κ1) is 18.7. The molecule has 1 N–H and O–H groups in total. The van der Waals surface area contributed by atoms with E-state index in [2.05, 4.69) is 28.2 Å². The number of carbonyl (C=O) groups is 1. The Morgan fingerprint density at radius 1 is 1.20 bits per heavy atom. The van der Waals surface area contributed by atoms with Gasteiger partial charge in [0.1, 0.15) is 18.3 Å². The van der Waals surface area contributed by atoms with Crippen LogP contribution in [0.3, 0.4) is 0 Å². The molecule has 0 bridgehead atoms. The highest BCUT2D eigenvalue weighted by molar-refractivity contribution is 6.02. The number of urea groups is 1. The molecule has 5 rings (SSSR count). The molecule has 2 unspecified atom stereocenters. The van der Waals surface area contributed by atoms with Crippen molar-refractivity contribution >= 4 is 17.6 Å². The molecule has 2 atom stereocenters. The number of halogens is 1. The number of rotatable bonds is 4. The summed E-state index contributed by atoms with van der Waals surface area (Å²) in [6.45, 7) is 5.17. The van der Waals surface area contributed by atoms with Crippen molar-refractivity contribution in [3.05, 3.63) is 72.2 Å². The number of pyridine rings is 1. The number of likely N-dealkylation sites (tertiary alicyclic amines) is 1. The van der Waals surface area contributed by atoms with Gasteiger partial charge in [-0.3, -0.25) is 20.1 Å². The van der Waals surface area contributed by atoms with Crippen LogP contribution in [0.1, 0.15) is 12.5 Å². The summed E-state index contributed by atoms with van der Waals surface area (Å²) in [7, 11) is 0. The molecule has 0 aliphatic carbocycles. The number of benzene rings is 1. The molecule has 0 saturated carbocycles. The molecule has 2 aromatic rings. The molecule has 1 aromatic carbocycles. The lowest BCUT2D eigenvalue weighted by atomic mass is 9.96. The van der Waals surface area contributed by atoms with Crippen molar-refractivity contribution in [3.8, 4) is 0 Å². The van der Waals surface area contributed by atoms with E-state index in [1.807, 2.05) is 23.4 Å². The average molecular weight is 406 g/mol. The molecule has 0 spiro atoms. The number of anilines is 1. The van der Waals surface area contributed by atoms with Gasteiger partial charge in [0.05, 0.1) is 0 Å². The molecular weight excluding hydrogens is 383 g/mol. The first-order valence-electron chi connectivity index (χ1n) is 10.1. The molecule has 8 heteroatoms. The Morgan fingerprint density at radius 2 is 2.03 bits per heavy atom. The molecule has 30 heavy (non-hydrogen) atoms. The summed E-state index contributed by atoms with van der Waals surface area (Å²) in [4.78, 5) is 27.6. The second kappa shape index (κ2) is 7.53. The number of nitrogens with one attached hydrogen (secondary N) is 1. The van der Waals surface area contributed by atoms with Crippen molar-refractivity contribution in [2.45, 2.75) is 13.5 Å². The van der Waals surface area contributed by atoms with Crippen molar-refractivity contribution in [2.75, 3.05) is 24.7 Å². The van der Waals surface area contributed by atoms with E-state index in [9.17, 15) is 9.18 Å². The number of nitrogens with zero attached hydrogens (tertiary/aromatic N) is 5. The predicted molar refractivity (Wildman–Crippen MR) is 112 cm³/mol. The van der Waals surface area contributed by atoms with E-state index in [1.54, 1.807) is 23.2 Å².